The first kappa shape index (κ1) is 30.1. The number of alkyl halides is 3. The Morgan fingerprint density at radius 2 is 1.88 bits per heavy atom. The van der Waals surface area contributed by atoms with Crippen molar-refractivity contribution in [2.45, 2.75) is 64.2 Å². The number of anilines is 1. The summed E-state index contributed by atoms with van der Waals surface area (Å²) < 4.78 is 48.6. The summed E-state index contributed by atoms with van der Waals surface area (Å²) in [6.45, 7) is 6.15. The third-order valence-corrected chi connectivity index (χ3v) is 8.78. The number of rotatable bonds is 8. The Labute approximate surface area is 244 Å². The van der Waals surface area contributed by atoms with Crippen molar-refractivity contribution in [3.8, 4) is 17.0 Å². The average Bonchev–Trinajstić information content (AvgIpc) is 3.48. The Bertz CT molecular complexity index is 1280. The molecule has 2 aromatic heterocycles. The van der Waals surface area contributed by atoms with Crippen LogP contribution in [0, 0.1) is 5.41 Å². The second-order valence-electron chi connectivity index (χ2n) is 11.6. The Kier molecular flexibility index (Phi) is 8.63. The van der Waals surface area contributed by atoms with Crippen molar-refractivity contribution in [3.05, 3.63) is 36.3 Å². The monoisotopic (exact) mass is 588 g/mol. The zero-order valence-electron chi connectivity index (χ0n) is 24.4. The highest BCUT2D eigenvalue weighted by Crippen LogP contribution is 2.52. The maximum atomic E-state index is 14.2. The quantitative estimate of drug-likeness (QED) is 0.496. The lowest BCUT2D eigenvalue weighted by atomic mass is 9.83. The fourth-order valence-electron chi connectivity index (χ4n) is 6.50. The molecule has 1 aliphatic carbocycles. The van der Waals surface area contributed by atoms with Gasteiger partial charge in [0, 0.05) is 62.8 Å². The van der Waals surface area contributed by atoms with Crippen molar-refractivity contribution in [2.75, 3.05) is 51.3 Å². The number of halogens is 3. The number of nitrogens with zero attached hydrogens (tertiary/aromatic N) is 5. The normalized spacial score (nSPS) is 21.2. The lowest BCUT2D eigenvalue weighted by molar-refractivity contribution is -0.226. The fraction of sp³-hybridized carbons (Fsp3) is 0.600. The van der Waals surface area contributed by atoms with E-state index in [1.165, 1.54) is 4.90 Å². The van der Waals surface area contributed by atoms with Crippen LogP contribution in [-0.2, 0) is 4.79 Å². The second kappa shape index (κ2) is 12.1. The van der Waals surface area contributed by atoms with Crippen molar-refractivity contribution < 1.29 is 27.5 Å². The van der Waals surface area contributed by atoms with E-state index in [4.69, 9.17) is 9.72 Å². The number of hydrogen-bond donors (Lipinski definition) is 1. The maximum Gasteiger partial charge on any atom is 0.403 e. The van der Waals surface area contributed by atoms with Gasteiger partial charge < -0.3 is 24.8 Å². The van der Waals surface area contributed by atoms with Gasteiger partial charge in [0.15, 0.2) is 5.69 Å². The Morgan fingerprint density at radius 3 is 2.48 bits per heavy atom. The molecular formula is C30H39F3N6O3. The van der Waals surface area contributed by atoms with E-state index < -0.39 is 17.5 Å². The highest BCUT2D eigenvalue weighted by molar-refractivity contribution is 5.99. The molecule has 4 heterocycles. The van der Waals surface area contributed by atoms with E-state index in [1.807, 2.05) is 31.9 Å². The van der Waals surface area contributed by atoms with Crippen molar-refractivity contribution in [1.29, 1.82) is 0 Å². The first-order chi connectivity index (χ1) is 20.1. The van der Waals surface area contributed by atoms with Crippen LogP contribution in [0.4, 0.5) is 18.9 Å². The second-order valence-corrected chi connectivity index (χ2v) is 11.6. The summed E-state index contributed by atoms with van der Waals surface area (Å²) >= 11 is 0. The predicted octanol–water partition coefficient (Wildman–Crippen LogP) is 4.14. The van der Waals surface area contributed by atoms with Gasteiger partial charge >= 0.3 is 6.18 Å². The predicted molar refractivity (Wildman–Crippen MR) is 152 cm³/mol. The number of pyridine rings is 2. The Morgan fingerprint density at radius 1 is 1.14 bits per heavy atom. The minimum Gasteiger partial charge on any atom is -0.492 e. The molecule has 1 atom stereocenters. The topological polar surface area (TPSA) is 90.9 Å². The summed E-state index contributed by atoms with van der Waals surface area (Å²) in [6, 6.07) is 5.11. The molecule has 0 radical (unpaired) electrons. The van der Waals surface area contributed by atoms with Crippen molar-refractivity contribution in [1.82, 2.24) is 25.1 Å². The van der Waals surface area contributed by atoms with Crippen LogP contribution in [0.3, 0.4) is 0 Å². The minimum atomic E-state index is -4.58. The van der Waals surface area contributed by atoms with Gasteiger partial charge in [-0.25, -0.2) is 4.98 Å². The molecule has 0 unspecified atom stereocenters. The molecule has 1 saturated carbocycles. The van der Waals surface area contributed by atoms with Gasteiger partial charge in [-0.3, -0.25) is 14.6 Å². The number of likely N-dealkylation sites (tertiary alicyclic amines) is 1. The van der Waals surface area contributed by atoms with Crippen LogP contribution in [0.15, 0.2) is 30.6 Å². The number of piperazine rings is 1. The molecular weight excluding hydrogens is 549 g/mol. The van der Waals surface area contributed by atoms with Crippen LogP contribution in [0.5, 0.6) is 5.75 Å². The molecule has 5 rings (SSSR count). The zero-order valence-corrected chi connectivity index (χ0v) is 24.4. The molecule has 1 N–H and O–H groups in total. The van der Waals surface area contributed by atoms with Gasteiger partial charge in [-0.1, -0.05) is 19.8 Å². The molecule has 42 heavy (non-hydrogen) atoms. The number of amides is 2. The van der Waals surface area contributed by atoms with Crippen LogP contribution in [0.1, 0.15) is 56.4 Å². The number of likely N-dealkylation sites (N-methyl/N-ethyl adjacent to an activating group) is 1. The molecule has 2 aromatic rings. The molecule has 228 valence electrons. The van der Waals surface area contributed by atoms with Crippen LogP contribution in [0.25, 0.3) is 11.3 Å². The van der Waals surface area contributed by atoms with Crippen LogP contribution >= 0.6 is 0 Å². The van der Waals surface area contributed by atoms with E-state index in [1.54, 1.807) is 24.5 Å². The smallest absolute Gasteiger partial charge is 0.403 e. The zero-order chi connectivity index (χ0) is 30.1. The summed E-state index contributed by atoms with van der Waals surface area (Å²) in [4.78, 5) is 41.7. The highest BCUT2D eigenvalue weighted by atomic mass is 19.4. The number of hydrogen-bond acceptors (Lipinski definition) is 7. The van der Waals surface area contributed by atoms with Crippen LogP contribution in [0.2, 0.25) is 0 Å². The lowest BCUT2D eigenvalue weighted by Crippen LogP contribution is -2.60. The van der Waals surface area contributed by atoms with Gasteiger partial charge in [-0.2, -0.15) is 13.2 Å². The summed E-state index contributed by atoms with van der Waals surface area (Å²) in [7, 11) is 1.98. The van der Waals surface area contributed by atoms with E-state index in [0.717, 1.165) is 13.1 Å². The summed E-state index contributed by atoms with van der Waals surface area (Å²) in [5.74, 6) is -0.667. The van der Waals surface area contributed by atoms with Gasteiger partial charge in [0.2, 0.25) is 5.91 Å². The molecule has 0 spiro atoms. The Hall–Kier alpha value is -3.41. The maximum absolute atomic E-state index is 14.2. The van der Waals surface area contributed by atoms with E-state index in [0.29, 0.717) is 48.6 Å². The van der Waals surface area contributed by atoms with Gasteiger partial charge in [-0.15, -0.1) is 0 Å². The van der Waals surface area contributed by atoms with Crippen molar-refractivity contribution >= 4 is 17.5 Å². The first-order valence-corrected chi connectivity index (χ1v) is 14.8. The number of aromatic nitrogens is 2. The highest BCUT2D eigenvalue weighted by Gasteiger charge is 2.62. The molecule has 3 fully saturated rings. The molecule has 9 nitrogen and oxygen atoms in total. The van der Waals surface area contributed by atoms with E-state index in [-0.39, 0.29) is 56.2 Å². The fourth-order valence-corrected chi connectivity index (χ4v) is 6.50. The summed E-state index contributed by atoms with van der Waals surface area (Å²) in [6.07, 6.45) is -0.245. The van der Waals surface area contributed by atoms with Gasteiger partial charge in [0.25, 0.3) is 5.91 Å². The minimum absolute atomic E-state index is 0.00743. The molecule has 2 saturated heterocycles. The molecule has 2 aliphatic heterocycles. The van der Waals surface area contributed by atoms with Gasteiger partial charge in [-0.05, 0) is 45.4 Å². The molecule has 2 amide bonds. The number of carbonyl (C=O) groups excluding carboxylic acids is 2. The largest absolute Gasteiger partial charge is 0.492 e. The molecule has 0 aromatic carbocycles. The SMILES string of the molecule is CCOc1cc(N2CCN(C(=O)C3(C(F)(F)F)CCCC3)C[C@H]2CC)c(C(=O)NC2CN(C)C2)nc1-c1cccnc1. The van der Waals surface area contributed by atoms with E-state index in [9.17, 15) is 22.8 Å². The van der Waals surface area contributed by atoms with Gasteiger partial charge in [0.1, 0.15) is 16.9 Å². The van der Waals surface area contributed by atoms with E-state index in [2.05, 4.69) is 15.2 Å². The average molecular weight is 589 g/mol. The third-order valence-electron chi connectivity index (χ3n) is 8.78. The Balaban J connectivity index is 1.50. The van der Waals surface area contributed by atoms with Gasteiger partial charge in [0.05, 0.1) is 18.3 Å². The van der Waals surface area contributed by atoms with Crippen molar-refractivity contribution in [3.63, 3.8) is 0 Å². The standard InChI is InChI=1S/C30H39F3N6O3/c1-4-22-19-38(28(41)29(30(31,32)33)10-6-7-11-29)13-14-39(22)23-15-24(42-5-2)25(20-9-8-12-34-16-20)36-26(23)27(40)35-21-17-37(3)18-21/h8-9,12,15-16,21-22H,4-7,10-11,13-14,17-19H2,1-3H3,(H,35,40)/t22-/m1/s1. The number of carbonyl (C=O) groups is 2. The molecule has 3 aliphatic rings. The van der Waals surface area contributed by atoms with Crippen molar-refractivity contribution in [2.24, 2.45) is 5.41 Å². The summed E-state index contributed by atoms with van der Waals surface area (Å²) in [5.41, 5.74) is -0.362. The lowest BCUT2D eigenvalue weighted by Gasteiger charge is -2.45. The van der Waals surface area contributed by atoms with E-state index >= 15 is 0 Å². The van der Waals surface area contributed by atoms with Crippen LogP contribution in [-0.4, -0.2) is 96.2 Å². The third kappa shape index (κ3) is 5.65. The number of nitrogens with one attached hydrogen (secondary N) is 1. The first-order valence-electron chi connectivity index (χ1n) is 14.8. The van der Waals surface area contributed by atoms with Crippen LogP contribution < -0.4 is 15.0 Å². The summed E-state index contributed by atoms with van der Waals surface area (Å²) in [5, 5.41) is 3.08. The molecule has 0 bridgehead atoms. The number of ether oxygens (including phenoxy) is 1. The molecule has 12 heteroatoms.